The number of hydrogen-bond acceptors (Lipinski definition) is 3. The van der Waals surface area contributed by atoms with Crippen LogP contribution in [-0.4, -0.2) is 25.8 Å². The van der Waals surface area contributed by atoms with Gasteiger partial charge in [0.05, 0.1) is 13.2 Å². The van der Waals surface area contributed by atoms with Crippen LogP contribution in [0.15, 0.2) is 30.3 Å². The minimum atomic E-state index is -0.335. The van der Waals surface area contributed by atoms with Crippen molar-refractivity contribution >= 4 is 23.6 Å². The second kappa shape index (κ2) is 5.55. The summed E-state index contributed by atoms with van der Waals surface area (Å²) < 4.78 is 10.3. The van der Waals surface area contributed by atoms with Crippen LogP contribution < -0.4 is 0 Å². The quantitative estimate of drug-likeness (QED) is 0.621. The molecule has 18 heavy (non-hydrogen) atoms. The van der Waals surface area contributed by atoms with Gasteiger partial charge in [-0.3, -0.25) is 0 Å². The van der Waals surface area contributed by atoms with Crippen molar-refractivity contribution in [1.29, 1.82) is 0 Å². The Kier molecular flexibility index (Phi) is 4.04. The second-order valence-corrected chi connectivity index (χ2v) is 5.23. The Bertz CT molecular complexity index is 447. The van der Waals surface area contributed by atoms with Crippen LogP contribution >= 0.6 is 11.6 Å². The van der Waals surface area contributed by atoms with E-state index in [4.69, 9.17) is 21.1 Å². The lowest BCUT2D eigenvalue weighted by atomic mass is 9.90. The lowest BCUT2D eigenvalue weighted by Crippen LogP contribution is -2.43. The molecule has 1 aliphatic rings. The smallest absolute Gasteiger partial charge is 0.330 e. The highest BCUT2D eigenvalue weighted by atomic mass is 35.5. The lowest BCUT2D eigenvalue weighted by molar-refractivity contribution is -0.160. The molecule has 4 heteroatoms. The summed E-state index contributed by atoms with van der Waals surface area (Å²) in [6.07, 6.45) is 3.13. The van der Waals surface area contributed by atoms with Crippen molar-refractivity contribution in [3.8, 4) is 0 Å². The summed E-state index contributed by atoms with van der Waals surface area (Å²) in [5, 5.41) is 0.674. The Morgan fingerprint density at radius 3 is 2.67 bits per heavy atom. The summed E-state index contributed by atoms with van der Waals surface area (Å²) in [7, 11) is 0. The fraction of sp³-hybridized carbons (Fsp3) is 0.357. The van der Waals surface area contributed by atoms with Crippen LogP contribution in [-0.2, 0) is 14.3 Å². The van der Waals surface area contributed by atoms with Gasteiger partial charge in [0.15, 0.2) is 0 Å². The summed E-state index contributed by atoms with van der Waals surface area (Å²) in [5.74, 6) is -0.335. The van der Waals surface area contributed by atoms with Crippen molar-refractivity contribution in [1.82, 2.24) is 0 Å². The van der Waals surface area contributed by atoms with E-state index < -0.39 is 0 Å². The molecular formula is C14H15ClO3. The number of halogens is 1. The number of hydrogen-bond donors (Lipinski definition) is 0. The van der Waals surface area contributed by atoms with Gasteiger partial charge in [0.1, 0.15) is 6.61 Å². The Labute approximate surface area is 111 Å². The van der Waals surface area contributed by atoms with E-state index in [1.54, 1.807) is 18.2 Å². The van der Waals surface area contributed by atoms with Crippen LogP contribution in [0.5, 0.6) is 0 Å². The molecule has 0 atom stereocenters. The van der Waals surface area contributed by atoms with Gasteiger partial charge < -0.3 is 9.47 Å². The molecule has 1 saturated heterocycles. The number of rotatable bonds is 4. The number of carbonyl (C=O) groups is 1. The topological polar surface area (TPSA) is 35.5 Å². The van der Waals surface area contributed by atoms with Crippen molar-refractivity contribution in [2.24, 2.45) is 5.41 Å². The highest BCUT2D eigenvalue weighted by Gasteiger charge is 2.34. The highest BCUT2D eigenvalue weighted by Crippen LogP contribution is 2.26. The first kappa shape index (κ1) is 13.1. The van der Waals surface area contributed by atoms with E-state index in [2.05, 4.69) is 0 Å². The Morgan fingerprint density at radius 2 is 2.11 bits per heavy atom. The Balaban J connectivity index is 1.81. The fourth-order valence-electron chi connectivity index (χ4n) is 1.57. The van der Waals surface area contributed by atoms with Gasteiger partial charge in [-0.25, -0.2) is 4.79 Å². The number of esters is 1. The van der Waals surface area contributed by atoms with Gasteiger partial charge >= 0.3 is 5.97 Å². The largest absolute Gasteiger partial charge is 0.462 e. The molecule has 0 aromatic heterocycles. The van der Waals surface area contributed by atoms with Gasteiger partial charge in [-0.1, -0.05) is 30.7 Å². The first-order chi connectivity index (χ1) is 8.57. The molecular weight excluding hydrogens is 252 g/mol. The summed E-state index contributed by atoms with van der Waals surface area (Å²) in [5.41, 5.74) is 0.901. The minimum absolute atomic E-state index is 0.0101. The Morgan fingerprint density at radius 1 is 1.44 bits per heavy atom. The van der Waals surface area contributed by atoms with Gasteiger partial charge in [-0.15, -0.1) is 0 Å². The third-order valence-electron chi connectivity index (χ3n) is 2.75. The van der Waals surface area contributed by atoms with Crippen molar-refractivity contribution in [3.05, 3.63) is 40.9 Å². The SMILES string of the molecule is CC1(COC(=O)/C=C/c2ccc(Cl)cc2)COC1. The van der Waals surface area contributed by atoms with Gasteiger partial charge in [-0.2, -0.15) is 0 Å². The van der Waals surface area contributed by atoms with Gasteiger partial charge in [0.2, 0.25) is 0 Å². The van der Waals surface area contributed by atoms with Crippen LogP contribution in [0.1, 0.15) is 12.5 Å². The average Bonchev–Trinajstić information content (AvgIpc) is 2.33. The third-order valence-corrected chi connectivity index (χ3v) is 3.00. The van der Waals surface area contributed by atoms with Crippen LogP contribution in [0.25, 0.3) is 6.08 Å². The molecule has 0 aliphatic carbocycles. The molecule has 1 fully saturated rings. The first-order valence-electron chi connectivity index (χ1n) is 5.76. The number of ether oxygens (including phenoxy) is 2. The molecule has 1 aliphatic heterocycles. The van der Waals surface area contributed by atoms with Crippen molar-refractivity contribution in [2.75, 3.05) is 19.8 Å². The molecule has 1 heterocycles. The average molecular weight is 267 g/mol. The Hall–Kier alpha value is -1.32. The van der Waals surface area contributed by atoms with Crippen molar-refractivity contribution in [2.45, 2.75) is 6.92 Å². The maximum absolute atomic E-state index is 11.5. The normalized spacial score (nSPS) is 17.4. The summed E-state index contributed by atoms with van der Waals surface area (Å²) in [6, 6.07) is 7.24. The highest BCUT2D eigenvalue weighted by molar-refractivity contribution is 6.30. The third kappa shape index (κ3) is 3.59. The molecule has 0 unspecified atom stereocenters. The van der Waals surface area contributed by atoms with E-state index in [1.807, 2.05) is 19.1 Å². The molecule has 0 saturated carbocycles. The fourth-order valence-corrected chi connectivity index (χ4v) is 1.69. The van der Waals surface area contributed by atoms with Crippen molar-refractivity contribution in [3.63, 3.8) is 0 Å². The first-order valence-corrected chi connectivity index (χ1v) is 6.13. The minimum Gasteiger partial charge on any atom is -0.462 e. The standard InChI is InChI=1S/C14H15ClO3/c1-14(8-17-9-14)10-18-13(16)7-4-11-2-5-12(15)6-3-11/h2-7H,8-10H2,1H3/b7-4+. The van der Waals surface area contributed by atoms with Gasteiger partial charge in [0.25, 0.3) is 0 Å². The predicted molar refractivity (Wildman–Crippen MR) is 70.4 cm³/mol. The molecule has 1 aromatic carbocycles. The molecule has 0 bridgehead atoms. The van der Waals surface area contributed by atoms with E-state index in [1.165, 1.54) is 6.08 Å². The number of carbonyl (C=O) groups excluding carboxylic acids is 1. The maximum atomic E-state index is 11.5. The molecule has 2 rings (SSSR count). The van der Waals surface area contributed by atoms with E-state index in [0.29, 0.717) is 24.8 Å². The summed E-state index contributed by atoms with van der Waals surface area (Å²) in [4.78, 5) is 11.5. The number of benzene rings is 1. The van der Waals surface area contributed by atoms with E-state index in [-0.39, 0.29) is 11.4 Å². The van der Waals surface area contributed by atoms with Crippen LogP contribution in [0, 0.1) is 5.41 Å². The van der Waals surface area contributed by atoms with E-state index in [0.717, 1.165) is 5.56 Å². The zero-order valence-electron chi connectivity index (χ0n) is 10.2. The van der Waals surface area contributed by atoms with E-state index in [9.17, 15) is 4.79 Å². The zero-order valence-corrected chi connectivity index (χ0v) is 10.9. The molecule has 0 N–H and O–H groups in total. The molecule has 0 amide bonds. The van der Waals surface area contributed by atoms with Crippen LogP contribution in [0.3, 0.4) is 0 Å². The lowest BCUT2D eigenvalue weighted by Gasteiger charge is -2.36. The predicted octanol–water partition coefficient (Wildman–Crippen LogP) is 2.93. The monoisotopic (exact) mass is 266 g/mol. The van der Waals surface area contributed by atoms with Gasteiger partial charge in [0, 0.05) is 16.5 Å². The van der Waals surface area contributed by atoms with Gasteiger partial charge in [-0.05, 0) is 23.8 Å². The van der Waals surface area contributed by atoms with E-state index >= 15 is 0 Å². The van der Waals surface area contributed by atoms with Crippen LogP contribution in [0.4, 0.5) is 0 Å². The maximum Gasteiger partial charge on any atom is 0.330 e. The zero-order chi connectivity index (χ0) is 13.0. The molecule has 3 nitrogen and oxygen atoms in total. The van der Waals surface area contributed by atoms with Crippen LogP contribution in [0.2, 0.25) is 5.02 Å². The summed E-state index contributed by atoms with van der Waals surface area (Å²) in [6.45, 7) is 3.74. The molecule has 1 aromatic rings. The molecule has 0 radical (unpaired) electrons. The second-order valence-electron chi connectivity index (χ2n) is 4.80. The van der Waals surface area contributed by atoms with Crippen molar-refractivity contribution < 1.29 is 14.3 Å². The molecule has 96 valence electrons. The summed E-state index contributed by atoms with van der Waals surface area (Å²) >= 11 is 5.77. The molecule has 0 spiro atoms.